The van der Waals surface area contributed by atoms with Crippen LogP contribution in [0.1, 0.15) is 41.0 Å². The first-order valence-electron chi connectivity index (χ1n) is 15.7. The van der Waals surface area contributed by atoms with E-state index in [4.69, 9.17) is 9.47 Å². The molecule has 0 unspecified atom stereocenters. The van der Waals surface area contributed by atoms with Gasteiger partial charge in [0.1, 0.15) is 23.0 Å². The molecule has 0 aromatic heterocycles. The van der Waals surface area contributed by atoms with Gasteiger partial charge in [0, 0.05) is 11.4 Å². The minimum absolute atomic E-state index is 0.0405. The number of ether oxygens (including phenoxy) is 2. The molecular formula is C37H38N6O8. The molecule has 2 atom stereocenters. The Morgan fingerprint density at radius 2 is 0.941 bits per heavy atom. The highest BCUT2D eigenvalue weighted by Gasteiger charge is 2.33. The third-order valence-corrected chi connectivity index (χ3v) is 7.81. The summed E-state index contributed by atoms with van der Waals surface area (Å²) >= 11 is 0. The minimum atomic E-state index is -1.17. The van der Waals surface area contributed by atoms with Crippen molar-refractivity contribution in [1.82, 2.24) is 10.9 Å². The van der Waals surface area contributed by atoms with Crippen LogP contribution >= 0.6 is 0 Å². The third-order valence-electron chi connectivity index (χ3n) is 7.81. The van der Waals surface area contributed by atoms with Gasteiger partial charge in [0.05, 0.1) is 48.6 Å². The zero-order chi connectivity index (χ0) is 36.9. The number of benzene rings is 4. The van der Waals surface area contributed by atoms with E-state index >= 15 is 0 Å². The number of phenols is 2. The SMILES string of the molecule is COc1ccccc1NC(=O)[C@@H](C[C@@H](C(=O)Nc1ccccc1OC)/C(C)=N\NC(=O)c1ccccc1O)/C(C)=N\NC(=O)c1ccccc1O. The second-order valence-corrected chi connectivity index (χ2v) is 11.1. The number of aromatic hydroxyl groups is 2. The lowest BCUT2D eigenvalue weighted by Gasteiger charge is -2.24. The third kappa shape index (κ3) is 9.69. The number of nitrogens with one attached hydrogen (secondary N) is 4. The van der Waals surface area contributed by atoms with E-state index in [1.807, 2.05) is 0 Å². The lowest BCUT2D eigenvalue weighted by molar-refractivity contribution is -0.120. The Kier molecular flexibility index (Phi) is 12.8. The van der Waals surface area contributed by atoms with Crippen molar-refractivity contribution in [2.75, 3.05) is 24.9 Å². The fourth-order valence-electron chi connectivity index (χ4n) is 4.99. The maximum Gasteiger partial charge on any atom is 0.275 e. The molecule has 0 fully saturated rings. The average molecular weight is 695 g/mol. The summed E-state index contributed by atoms with van der Waals surface area (Å²) in [6.45, 7) is 3.00. The van der Waals surface area contributed by atoms with Crippen LogP contribution < -0.4 is 31.0 Å². The summed E-state index contributed by atoms with van der Waals surface area (Å²) in [7, 11) is 2.90. The molecule has 14 heteroatoms. The van der Waals surface area contributed by atoms with E-state index in [2.05, 4.69) is 31.7 Å². The maximum atomic E-state index is 14.0. The van der Waals surface area contributed by atoms with Crippen LogP contribution in [0.3, 0.4) is 0 Å². The summed E-state index contributed by atoms with van der Waals surface area (Å²) in [4.78, 5) is 53.8. The Labute approximate surface area is 294 Å². The molecule has 0 aliphatic heterocycles. The first-order valence-corrected chi connectivity index (χ1v) is 15.7. The number of carbonyl (C=O) groups is 4. The van der Waals surface area contributed by atoms with Gasteiger partial charge in [-0.1, -0.05) is 48.5 Å². The van der Waals surface area contributed by atoms with Crippen molar-refractivity contribution < 1.29 is 38.9 Å². The summed E-state index contributed by atoms with van der Waals surface area (Å²) in [5, 5.41) is 34.3. The Balaban J connectivity index is 1.72. The number of para-hydroxylation sites is 6. The molecule has 14 nitrogen and oxygen atoms in total. The van der Waals surface area contributed by atoms with Gasteiger partial charge in [0.2, 0.25) is 11.8 Å². The molecule has 0 aliphatic carbocycles. The van der Waals surface area contributed by atoms with Gasteiger partial charge < -0.3 is 30.3 Å². The Morgan fingerprint density at radius 1 is 0.588 bits per heavy atom. The largest absolute Gasteiger partial charge is 0.507 e. The number of rotatable bonds is 14. The zero-order valence-corrected chi connectivity index (χ0v) is 28.3. The Bertz CT molecular complexity index is 1820. The highest BCUT2D eigenvalue weighted by Crippen LogP contribution is 2.28. The van der Waals surface area contributed by atoms with Gasteiger partial charge >= 0.3 is 0 Å². The van der Waals surface area contributed by atoms with E-state index in [9.17, 15) is 29.4 Å². The fraction of sp³-hybridized carbons (Fsp3) is 0.189. The van der Waals surface area contributed by atoms with Gasteiger partial charge in [0.15, 0.2) is 0 Å². The predicted octanol–water partition coefficient (Wildman–Crippen LogP) is 4.93. The molecular weight excluding hydrogens is 656 g/mol. The number of methoxy groups -OCH3 is 2. The molecule has 264 valence electrons. The van der Waals surface area contributed by atoms with Crippen molar-refractivity contribution in [2.45, 2.75) is 20.3 Å². The first kappa shape index (κ1) is 37.1. The molecule has 0 spiro atoms. The smallest absolute Gasteiger partial charge is 0.275 e. The molecule has 51 heavy (non-hydrogen) atoms. The number of hydrazone groups is 2. The van der Waals surface area contributed by atoms with Gasteiger partial charge in [0.25, 0.3) is 11.8 Å². The molecule has 0 aliphatic rings. The number of amides is 4. The molecule has 4 aromatic carbocycles. The number of phenolic OH excluding ortho intramolecular Hbond substituents is 2. The predicted molar refractivity (Wildman–Crippen MR) is 192 cm³/mol. The number of hydrogen-bond donors (Lipinski definition) is 6. The molecule has 0 heterocycles. The topological polar surface area (TPSA) is 200 Å². The second-order valence-electron chi connectivity index (χ2n) is 11.1. The zero-order valence-electron chi connectivity index (χ0n) is 28.3. The summed E-state index contributed by atoms with van der Waals surface area (Å²) in [6, 6.07) is 25.2. The molecule has 0 saturated heterocycles. The number of nitrogens with zero attached hydrogens (tertiary/aromatic N) is 2. The van der Waals surface area contributed by atoms with Crippen LogP contribution in [-0.4, -0.2) is 59.5 Å². The van der Waals surface area contributed by atoms with Gasteiger partial charge in [-0.25, -0.2) is 10.9 Å². The first-order chi connectivity index (χ1) is 24.5. The maximum absolute atomic E-state index is 14.0. The van der Waals surface area contributed by atoms with E-state index in [1.54, 1.807) is 72.8 Å². The quantitative estimate of drug-likeness (QED) is 0.0788. The summed E-state index contributed by atoms with van der Waals surface area (Å²) < 4.78 is 10.8. The molecule has 6 N–H and O–H groups in total. The monoisotopic (exact) mass is 694 g/mol. The highest BCUT2D eigenvalue weighted by molar-refractivity contribution is 6.13. The standard InChI is InChI=1S/C37H38N6O8/c1-22(40-42-36(48)24-13-5-9-17-30(24)44)26(34(46)38-28-15-7-11-19-32(28)50-3)21-27(35(47)39-29-16-8-12-20-33(29)51-4)23(2)41-43-37(49)25-14-6-10-18-31(25)45/h5-20,26-27,44-45H,21H2,1-4H3,(H,38,46)(H,39,47)(H,42,48)(H,43,49)/b40-22-,41-23-/t26-,27+. The lowest BCUT2D eigenvalue weighted by atomic mass is 9.87. The van der Waals surface area contributed by atoms with Crippen LogP contribution in [0.4, 0.5) is 11.4 Å². The lowest BCUT2D eigenvalue weighted by Crippen LogP contribution is -2.38. The van der Waals surface area contributed by atoms with Gasteiger partial charge in [-0.05, 0) is 68.8 Å². The van der Waals surface area contributed by atoms with Crippen molar-refractivity contribution in [3.63, 3.8) is 0 Å². The van der Waals surface area contributed by atoms with E-state index < -0.39 is 35.5 Å². The van der Waals surface area contributed by atoms with E-state index in [0.29, 0.717) is 22.9 Å². The molecule has 0 bridgehead atoms. The summed E-state index contributed by atoms with van der Waals surface area (Å²) in [5.74, 6) is -4.78. The van der Waals surface area contributed by atoms with Crippen molar-refractivity contribution in [2.24, 2.45) is 22.0 Å². The number of anilines is 2. The van der Waals surface area contributed by atoms with Crippen molar-refractivity contribution in [3.05, 3.63) is 108 Å². The van der Waals surface area contributed by atoms with E-state index in [-0.39, 0.29) is 40.5 Å². The van der Waals surface area contributed by atoms with Crippen molar-refractivity contribution >= 4 is 46.4 Å². The van der Waals surface area contributed by atoms with Gasteiger partial charge in [-0.2, -0.15) is 10.2 Å². The minimum Gasteiger partial charge on any atom is -0.507 e. The van der Waals surface area contributed by atoms with Gasteiger partial charge in [-0.3, -0.25) is 19.2 Å². The molecule has 4 aromatic rings. The van der Waals surface area contributed by atoms with Crippen LogP contribution in [-0.2, 0) is 9.59 Å². The van der Waals surface area contributed by atoms with Crippen molar-refractivity contribution in [3.8, 4) is 23.0 Å². The molecule has 0 saturated carbocycles. The number of carbonyl (C=O) groups excluding carboxylic acids is 4. The Morgan fingerprint density at radius 3 is 1.31 bits per heavy atom. The molecule has 4 rings (SSSR count). The molecule has 4 amide bonds. The Hall–Kier alpha value is -6.70. The molecule has 0 radical (unpaired) electrons. The summed E-state index contributed by atoms with van der Waals surface area (Å²) in [5.41, 5.74) is 5.55. The second kappa shape index (κ2) is 17.6. The normalized spacial score (nSPS) is 12.5. The summed E-state index contributed by atoms with van der Waals surface area (Å²) in [6.07, 6.45) is -0.244. The fourth-order valence-corrected chi connectivity index (χ4v) is 4.99. The van der Waals surface area contributed by atoms with Crippen LogP contribution in [0.25, 0.3) is 0 Å². The van der Waals surface area contributed by atoms with Crippen LogP contribution in [0.5, 0.6) is 23.0 Å². The average Bonchev–Trinajstić information content (AvgIpc) is 3.13. The van der Waals surface area contributed by atoms with E-state index in [0.717, 1.165) is 0 Å². The van der Waals surface area contributed by atoms with Crippen LogP contribution in [0.15, 0.2) is 107 Å². The number of hydrogen-bond acceptors (Lipinski definition) is 10. The van der Waals surface area contributed by atoms with Crippen LogP contribution in [0, 0.1) is 11.8 Å². The van der Waals surface area contributed by atoms with Gasteiger partial charge in [-0.15, -0.1) is 0 Å². The van der Waals surface area contributed by atoms with Crippen LogP contribution in [0.2, 0.25) is 0 Å². The highest BCUT2D eigenvalue weighted by atomic mass is 16.5. The van der Waals surface area contributed by atoms with Crippen molar-refractivity contribution in [1.29, 1.82) is 0 Å². The van der Waals surface area contributed by atoms with E-state index in [1.165, 1.54) is 52.3 Å².